The minimum Gasteiger partial charge on any atom is -0.480 e. The molecule has 5 heteroatoms. The number of amides is 1. The van der Waals surface area contributed by atoms with Crippen LogP contribution in [0.4, 0.5) is 0 Å². The van der Waals surface area contributed by atoms with Gasteiger partial charge in [0.05, 0.1) is 0 Å². The molecule has 0 radical (unpaired) electrons. The van der Waals surface area contributed by atoms with Crippen LogP contribution in [-0.2, 0) is 11.2 Å². The summed E-state index contributed by atoms with van der Waals surface area (Å²) in [7, 11) is 0. The highest BCUT2D eigenvalue weighted by Gasteiger charge is 2.33. The van der Waals surface area contributed by atoms with Crippen LogP contribution in [0.15, 0.2) is 24.3 Å². The molecule has 1 amide bonds. The summed E-state index contributed by atoms with van der Waals surface area (Å²) in [4.78, 5) is 12.3. The Kier molecular flexibility index (Phi) is 4.89. The van der Waals surface area contributed by atoms with Gasteiger partial charge in [-0.25, -0.2) is 0 Å². The van der Waals surface area contributed by atoms with E-state index in [9.17, 15) is 4.79 Å². The Bertz CT molecular complexity index is 456. The van der Waals surface area contributed by atoms with Crippen molar-refractivity contribution in [2.75, 3.05) is 6.54 Å². The van der Waals surface area contributed by atoms with Crippen molar-refractivity contribution < 1.29 is 9.53 Å². The molecule has 1 aliphatic carbocycles. The molecule has 0 bridgehead atoms. The molecule has 2 aliphatic rings. The van der Waals surface area contributed by atoms with E-state index in [0.717, 1.165) is 30.6 Å². The number of carbonyl (C=O) groups is 1. The molecule has 1 saturated carbocycles. The molecule has 3 atom stereocenters. The van der Waals surface area contributed by atoms with Crippen molar-refractivity contribution in [3.05, 3.63) is 29.8 Å². The highest BCUT2D eigenvalue weighted by atomic mass is 35.5. The standard InChI is InChI=1S/C15H20N2O2.ClH/c16-9-11-5-3-6-12(11)17-15(18)14-8-10-4-1-2-7-13(10)19-14;/h1-2,4,7,11-12,14H,3,5-6,8-9,16H2,(H,17,18);1H. The van der Waals surface area contributed by atoms with Crippen molar-refractivity contribution in [3.63, 3.8) is 0 Å². The largest absolute Gasteiger partial charge is 0.480 e. The Balaban J connectivity index is 0.00000147. The van der Waals surface area contributed by atoms with Crippen LogP contribution in [0.5, 0.6) is 5.75 Å². The molecule has 3 N–H and O–H groups in total. The van der Waals surface area contributed by atoms with Crippen LogP contribution in [0.25, 0.3) is 0 Å². The zero-order valence-electron chi connectivity index (χ0n) is 11.4. The van der Waals surface area contributed by atoms with Crippen LogP contribution in [0, 0.1) is 5.92 Å². The number of halogens is 1. The quantitative estimate of drug-likeness (QED) is 0.891. The Morgan fingerprint density at radius 2 is 2.15 bits per heavy atom. The van der Waals surface area contributed by atoms with Gasteiger partial charge in [0.2, 0.25) is 0 Å². The first kappa shape index (κ1) is 15.1. The molecule has 1 fully saturated rings. The van der Waals surface area contributed by atoms with E-state index in [1.54, 1.807) is 0 Å². The van der Waals surface area contributed by atoms with Gasteiger partial charge in [0.1, 0.15) is 5.75 Å². The van der Waals surface area contributed by atoms with Crippen molar-refractivity contribution in [2.24, 2.45) is 11.7 Å². The molecular weight excluding hydrogens is 276 g/mol. The predicted molar refractivity (Wildman–Crippen MR) is 80.1 cm³/mol. The first-order valence-corrected chi connectivity index (χ1v) is 7.03. The molecule has 1 heterocycles. The summed E-state index contributed by atoms with van der Waals surface area (Å²) < 4.78 is 5.70. The third-order valence-corrected chi connectivity index (χ3v) is 4.23. The molecule has 3 unspecified atom stereocenters. The second kappa shape index (κ2) is 6.46. The van der Waals surface area contributed by atoms with Gasteiger partial charge in [-0.15, -0.1) is 12.4 Å². The zero-order chi connectivity index (χ0) is 13.2. The monoisotopic (exact) mass is 296 g/mol. The number of hydrogen-bond donors (Lipinski definition) is 2. The summed E-state index contributed by atoms with van der Waals surface area (Å²) in [6.07, 6.45) is 3.59. The highest BCUT2D eigenvalue weighted by molar-refractivity contribution is 5.85. The number of ether oxygens (including phenoxy) is 1. The number of nitrogens with one attached hydrogen (secondary N) is 1. The fraction of sp³-hybridized carbons (Fsp3) is 0.533. The van der Waals surface area contributed by atoms with Crippen LogP contribution >= 0.6 is 12.4 Å². The molecule has 1 aliphatic heterocycles. The maximum atomic E-state index is 12.3. The summed E-state index contributed by atoms with van der Waals surface area (Å²) in [6, 6.07) is 8.07. The van der Waals surface area contributed by atoms with Gasteiger partial charge in [0.25, 0.3) is 5.91 Å². The van der Waals surface area contributed by atoms with Crippen LogP contribution in [0.3, 0.4) is 0 Å². The maximum Gasteiger partial charge on any atom is 0.261 e. The smallest absolute Gasteiger partial charge is 0.261 e. The van der Waals surface area contributed by atoms with Crippen molar-refractivity contribution in [1.82, 2.24) is 5.32 Å². The molecule has 1 aromatic carbocycles. The number of benzene rings is 1. The third kappa shape index (κ3) is 2.91. The van der Waals surface area contributed by atoms with Crippen LogP contribution < -0.4 is 15.8 Å². The fourth-order valence-corrected chi connectivity index (χ4v) is 3.11. The SMILES string of the molecule is Cl.NCC1CCCC1NC(=O)C1Cc2ccccc2O1. The number of carbonyl (C=O) groups excluding carboxylic acids is 1. The minimum absolute atomic E-state index is 0. The van der Waals surface area contributed by atoms with Crippen molar-refractivity contribution in [2.45, 2.75) is 37.8 Å². The van der Waals surface area contributed by atoms with E-state index in [-0.39, 0.29) is 30.5 Å². The average molecular weight is 297 g/mol. The lowest BCUT2D eigenvalue weighted by atomic mass is 10.0. The van der Waals surface area contributed by atoms with Crippen molar-refractivity contribution >= 4 is 18.3 Å². The summed E-state index contributed by atoms with van der Waals surface area (Å²) in [5, 5.41) is 3.11. The van der Waals surface area contributed by atoms with Gasteiger partial charge in [-0.1, -0.05) is 24.6 Å². The Morgan fingerprint density at radius 3 is 2.90 bits per heavy atom. The molecule has 4 nitrogen and oxygen atoms in total. The zero-order valence-corrected chi connectivity index (χ0v) is 12.2. The van der Waals surface area contributed by atoms with Gasteiger partial charge in [0.15, 0.2) is 6.10 Å². The van der Waals surface area contributed by atoms with E-state index < -0.39 is 0 Å². The van der Waals surface area contributed by atoms with Crippen molar-refractivity contribution in [1.29, 1.82) is 0 Å². The van der Waals surface area contributed by atoms with Crippen LogP contribution in [0.2, 0.25) is 0 Å². The lowest BCUT2D eigenvalue weighted by Crippen LogP contribution is -2.46. The molecule has 0 spiro atoms. The molecule has 1 aromatic rings. The second-order valence-electron chi connectivity index (χ2n) is 5.46. The Hall–Kier alpha value is -1.26. The van der Waals surface area contributed by atoms with E-state index in [4.69, 9.17) is 10.5 Å². The van der Waals surface area contributed by atoms with Gasteiger partial charge >= 0.3 is 0 Å². The summed E-state index contributed by atoms with van der Waals surface area (Å²) >= 11 is 0. The van der Waals surface area contributed by atoms with Crippen LogP contribution in [0.1, 0.15) is 24.8 Å². The van der Waals surface area contributed by atoms with Gasteiger partial charge in [-0.05, 0) is 36.9 Å². The Morgan fingerprint density at radius 1 is 1.35 bits per heavy atom. The second-order valence-corrected chi connectivity index (χ2v) is 5.46. The number of nitrogens with two attached hydrogens (primary N) is 1. The number of rotatable bonds is 3. The van der Waals surface area contributed by atoms with Gasteiger partial charge in [-0.2, -0.15) is 0 Å². The molecule has 20 heavy (non-hydrogen) atoms. The lowest BCUT2D eigenvalue weighted by molar-refractivity contribution is -0.128. The van der Waals surface area contributed by atoms with E-state index in [2.05, 4.69) is 5.32 Å². The van der Waals surface area contributed by atoms with Gasteiger partial charge in [0, 0.05) is 12.5 Å². The van der Waals surface area contributed by atoms with Gasteiger partial charge in [-0.3, -0.25) is 4.79 Å². The summed E-state index contributed by atoms with van der Waals surface area (Å²) in [5.74, 6) is 1.26. The first-order valence-electron chi connectivity index (χ1n) is 7.03. The first-order chi connectivity index (χ1) is 9.28. The number of hydrogen-bond acceptors (Lipinski definition) is 3. The summed E-state index contributed by atoms with van der Waals surface area (Å²) in [5.41, 5.74) is 6.85. The molecule has 0 saturated heterocycles. The fourth-order valence-electron chi connectivity index (χ4n) is 3.11. The number of fused-ring (bicyclic) bond motifs is 1. The van der Waals surface area contributed by atoms with Crippen molar-refractivity contribution in [3.8, 4) is 5.75 Å². The van der Waals surface area contributed by atoms with E-state index in [0.29, 0.717) is 18.9 Å². The molecule has 3 rings (SSSR count). The molecular formula is C15H21ClN2O2. The highest BCUT2D eigenvalue weighted by Crippen LogP contribution is 2.29. The van der Waals surface area contributed by atoms with Crippen LogP contribution in [-0.4, -0.2) is 24.6 Å². The maximum absolute atomic E-state index is 12.3. The number of para-hydroxylation sites is 1. The lowest BCUT2D eigenvalue weighted by Gasteiger charge is -2.21. The van der Waals surface area contributed by atoms with E-state index >= 15 is 0 Å². The molecule has 110 valence electrons. The Labute approximate surface area is 125 Å². The van der Waals surface area contributed by atoms with E-state index in [1.165, 1.54) is 0 Å². The average Bonchev–Trinajstić information content (AvgIpc) is 3.03. The van der Waals surface area contributed by atoms with E-state index in [1.807, 2.05) is 24.3 Å². The predicted octanol–water partition coefficient (Wildman–Crippen LogP) is 1.66. The normalized spacial score (nSPS) is 27.4. The molecule has 0 aromatic heterocycles. The summed E-state index contributed by atoms with van der Waals surface area (Å²) in [6.45, 7) is 0.650. The third-order valence-electron chi connectivity index (χ3n) is 4.23. The minimum atomic E-state index is -0.378. The topological polar surface area (TPSA) is 64.3 Å². The van der Waals surface area contributed by atoms with Gasteiger partial charge < -0.3 is 15.8 Å².